The van der Waals surface area contributed by atoms with Gasteiger partial charge in [-0.1, -0.05) is 0 Å². The number of rotatable bonds is 6. The third kappa shape index (κ3) is 6.64. The first-order valence-corrected chi connectivity index (χ1v) is 11.2. The minimum absolute atomic E-state index is 0. The van der Waals surface area contributed by atoms with Crippen LogP contribution in [0.3, 0.4) is 0 Å². The Morgan fingerprint density at radius 2 is 1.52 bits per heavy atom. The Morgan fingerprint density at radius 3 is 2.10 bits per heavy atom. The minimum atomic E-state index is -5.10. The van der Waals surface area contributed by atoms with Crippen LogP contribution in [0.15, 0.2) is 42.6 Å². The van der Waals surface area contributed by atoms with Gasteiger partial charge in [-0.2, -0.15) is 26.3 Å². The van der Waals surface area contributed by atoms with E-state index in [4.69, 9.17) is 4.74 Å². The maximum absolute atomic E-state index is 14.1. The first-order valence-electron chi connectivity index (χ1n) is 11.2. The standard InChI is InChI=1S/C26H16F9NO3.Na/c27-14-8-20(28)19(21(29)9-14)11-39-22-5-4-13(25(30,31)32)7-17(22)16-3-1-2-15(16)12-6-18(24(37)38)23(36-10-12)26(33,34)35;/h4-10H,1-3,11H2,(H,37,38);/q;+1/p-1. The van der Waals surface area contributed by atoms with Crippen molar-refractivity contribution in [3.63, 3.8) is 0 Å². The van der Waals surface area contributed by atoms with Crippen LogP contribution in [0.4, 0.5) is 39.5 Å². The number of allylic oxidation sites excluding steroid dienone is 2. The zero-order valence-corrected chi connectivity index (χ0v) is 22.4. The van der Waals surface area contributed by atoms with E-state index >= 15 is 0 Å². The molecule has 0 saturated heterocycles. The van der Waals surface area contributed by atoms with Crippen molar-refractivity contribution in [1.29, 1.82) is 0 Å². The third-order valence-corrected chi connectivity index (χ3v) is 6.05. The summed E-state index contributed by atoms with van der Waals surface area (Å²) in [6.07, 6.45) is -8.55. The summed E-state index contributed by atoms with van der Waals surface area (Å²) >= 11 is 0. The first-order chi connectivity index (χ1) is 18.2. The molecule has 0 unspecified atom stereocenters. The summed E-state index contributed by atoms with van der Waals surface area (Å²) in [7, 11) is 0. The number of pyridine rings is 1. The van der Waals surface area contributed by atoms with E-state index in [2.05, 4.69) is 4.98 Å². The number of aromatic carboxylic acids is 1. The van der Waals surface area contributed by atoms with Gasteiger partial charge in [0, 0.05) is 29.5 Å². The van der Waals surface area contributed by atoms with Crippen LogP contribution in [-0.4, -0.2) is 11.0 Å². The number of hydrogen-bond donors (Lipinski definition) is 0. The summed E-state index contributed by atoms with van der Waals surface area (Å²) in [6.45, 7) is -0.824. The Morgan fingerprint density at radius 1 is 0.900 bits per heavy atom. The molecule has 0 N–H and O–H groups in total. The average molecular weight is 583 g/mol. The number of nitrogens with zero attached hydrogens (tertiary/aromatic N) is 1. The van der Waals surface area contributed by atoms with Crippen molar-refractivity contribution in [2.24, 2.45) is 0 Å². The van der Waals surface area contributed by atoms with E-state index in [1.54, 1.807) is 0 Å². The minimum Gasteiger partial charge on any atom is -0.545 e. The Kier molecular flexibility index (Phi) is 9.32. The van der Waals surface area contributed by atoms with E-state index in [9.17, 15) is 49.4 Å². The van der Waals surface area contributed by atoms with Crippen molar-refractivity contribution in [3.05, 3.63) is 93.6 Å². The summed E-state index contributed by atoms with van der Waals surface area (Å²) < 4.78 is 127. The van der Waals surface area contributed by atoms with Crippen LogP contribution in [-0.2, 0) is 19.0 Å². The van der Waals surface area contributed by atoms with Gasteiger partial charge in [-0.15, -0.1) is 0 Å². The molecule has 40 heavy (non-hydrogen) atoms. The van der Waals surface area contributed by atoms with Crippen LogP contribution in [0.1, 0.15) is 57.6 Å². The second-order valence-electron chi connectivity index (χ2n) is 8.56. The third-order valence-electron chi connectivity index (χ3n) is 6.05. The Labute approximate surface area is 242 Å². The molecule has 0 atom stereocenters. The number of alkyl halides is 6. The van der Waals surface area contributed by atoms with Crippen LogP contribution < -0.4 is 39.4 Å². The molecule has 1 heterocycles. The topological polar surface area (TPSA) is 62.2 Å². The van der Waals surface area contributed by atoms with Crippen LogP contribution in [0.25, 0.3) is 11.1 Å². The molecule has 0 spiro atoms. The van der Waals surface area contributed by atoms with E-state index < -0.39 is 64.8 Å². The number of carboxylic acid groups (broad SMARTS) is 1. The molecule has 0 fully saturated rings. The zero-order valence-electron chi connectivity index (χ0n) is 20.4. The van der Waals surface area contributed by atoms with Gasteiger partial charge in [-0.25, -0.2) is 13.2 Å². The van der Waals surface area contributed by atoms with Crippen LogP contribution in [0, 0.1) is 17.5 Å². The quantitative estimate of drug-likeness (QED) is 0.329. The van der Waals surface area contributed by atoms with Crippen LogP contribution in [0.5, 0.6) is 5.75 Å². The van der Waals surface area contributed by atoms with Crippen LogP contribution in [0.2, 0.25) is 0 Å². The fourth-order valence-electron chi connectivity index (χ4n) is 4.30. The molecular weight excluding hydrogens is 568 g/mol. The molecule has 0 amide bonds. The van der Waals surface area contributed by atoms with Gasteiger partial charge in [0.1, 0.15) is 29.8 Å². The molecule has 3 aromatic rings. The maximum Gasteiger partial charge on any atom is 1.00 e. The number of carbonyl (C=O) groups excluding carboxylic acids is 1. The number of carbonyl (C=O) groups is 1. The molecule has 14 heteroatoms. The van der Waals surface area contributed by atoms with E-state index in [0.29, 0.717) is 36.8 Å². The Balaban J connectivity index is 0.00000441. The van der Waals surface area contributed by atoms with Gasteiger partial charge >= 0.3 is 41.9 Å². The number of ether oxygens (including phenoxy) is 1. The molecule has 2 aromatic carbocycles. The molecule has 0 saturated carbocycles. The van der Waals surface area contributed by atoms with Gasteiger partial charge in [-0.05, 0) is 60.2 Å². The van der Waals surface area contributed by atoms with Gasteiger partial charge in [0.25, 0.3) is 0 Å². The SMILES string of the molecule is O=C([O-])c1cc(C2=C(c3cc(C(F)(F)F)ccc3OCc3c(F)cc(F)cc3F)CCC2)cnc1C(F)(F)F.[Na+]. The number of halogens is 9. The van der Waals surface area contributed by atoms with Crippen molar-refractivity contribution in [2.75, 3.05) is 0 Å². The predicted octanol–water partition coefficient (Wildman–Crippen LogP) is 3.58. The molecule has 4 rings (SSSR count). The predicted molar refractivity (Wildman–Crippen MR) is 116 cm³/mol. The second-order valence-corrected chi connectivity index (χ2v) is 8.56. The number of benzene rings is 2. The van der Waals surface area contributed by atoms with Gasteiger partial charge < -0.3 is 14.6 Å². The molecule has 4 nitrogen and oxygen atoms in total. The van der Waals surface area contributed by atoms with Gasteiger partial charge in [0.05, 0.1) is 17.1 Å². The normalized spacial score (nSPS) is 13.8. The van der Waals surface area contributed by atoms with Crippen LogP contribution >= 0.6 is 0 Å². The van der Waals surface area contributed by atoms with Crippen molar-refractivity contribution in [1.82, 2.24) is 4.98 Å². The largest absolute Gasteiger partial charge is 1.00 e. The molecule has 1 aromatic heterocycles. The summed E-state index contributed by atoms with van der Waals surface area (Å²) in [4.78, 5) is 14.6. The van der Waals surface area contributed by atoms with Gasteiger partial charge in [0.15, 0.2) is 5.69 Å². The van der Waals surface area contributed by atoms with E-state index in [-0.39, 0.29) is 70.4 Å². The fraction of sp³-hybridized carbons (Fsp3) is 0.231. The van der Waals surface area contributed by atoms with Crippen molar-refractivity contribution in [3.8, 4) is 5.75 Å². The summed E-state index contributed by atoms with van der Waals surface area (Å²) in [5.74, 6) is -6.16. The number of hydrogen-bond acceptors (Lipinski definition) is 4. The van der Waals surface area contributed by atoms with Gasteiger partial charge in [0.2, 0.25) is 0 Å². The monoisotopic (exact) mass is 583 g/mol. The Bertz CT molecular complexity index is 1460. The van der Waals surface area contributed by atoms with E-state index in [1.165, 1.54) is 0 Å². The summed E-state index contributed by atoms with van der Waals surface area (Å²) in [5.41, 5.74) is -4.61. The first kappa shape index (κ1) is 31.5. The summed E-state index contributed by atoms with van der Waals surface area (Å²) in [5, 5.41) is 11.4. The molecule has 1 aliphatic carbocycles. The number of aromatic nitrogens is 1. The second kappa shape index (κ2) is 11.8. The number of carboxylic acids is 1. The molecule has 206 valence electrons. The molecule has 1 aliphatic rings. The van der Waals surface area contributed by atoms with Crippen molar-refractivity contribution < 1.29 is 83.7 Å². The van der Waals surface area contributed by atoms with Crippen molar-refractivity contribution in [2.45, 2.75) is 38.2 Å². The van der Waals surface area contributed by atoms with E-state index in [0.717, 1.165) is 12.3 Å². The molecule has 0 bridgehead atoms. The molecular formula is C26H15F9NNaO3. The zero-order chi connectivity index (χ0) is 28.7. The fourth-order valence-corrected chi connectivity index (χ4v) is 4.30. The maximum atomic E-state index is 14.1. The van der Waals surface area contributed by atoms with Crippen molar-refractivity contribution >= 4 is 17.1 Å². The Hall–Kier alpha value is -3.03. The summed E-state index contributed by atoms with van der Waals surface area (Å²) in [6, 6.07) is 3.78. The van der Waals surface area contributed by atoms with E-state index in [1.807, 2.05) is 0 Å². The van der Waals surface area contributed by atoms with Gasteiger partial charge in [-0.3, -0.25) is 4.98 Å². The average Bonchev–Trinajstić information content (AvgIpc) is 3.31. The molecule has 0 radical (unpaired) electrons. The molecule has 0 aliphatic heterocycles. The smallest absolute Gasteiger partial charge is 0.545 e.